The van der Waals surface area contributed by atoms with Crippen molar-refractivity contribution in [3.8, 4) is 0 Å². The van der Waals surface area contributed by atoms with E-state index < -0.39 is 0 Å². The Hall–Kier alpha value is -0.640. The van der Waals surface area contributed by atoms with Crippen LogP contribution in [0.5, 0.6) is 0 Å². The van der Waals surface area contributed by atoms with E-state index in [0.29, 0.717) is 0 Å². The molecular weight excluding hydrogens is 216 g/mol. The normalized spacial score (nSPS) is 12.5. The Kier molecular flexibility index (Phi) is 3.47. The van der Waals surface area contributed by atoms with Crippen molar-refractivity contribution in [1.82, 2.24) is 5.43 Å². The third-order valence-corrected chi connectivity index (χ3v) is 2.12. The predicted octanol–water partition coefficient (Wildman–Crippen LogP) is 2.14. The number of nitrogens with one attached hydrogen (secondary N) is 1. The summed E-state index contributed by atoms with van der Waals surface area (Å²) in [4.78, 5) is 0. The molecule has 3 heteroatoms. The molecule has 0 saturated carbocycles. The number of rotatable bonds is 3. The lowest BCUT2D eigenvalue weighted by Crippen LogP contribution is -2.26. The van der Waals surface area contributed by atoms with Gasteiger partial charge in [-0.1, -0.05) is 34.1 Å². The van der Waals surface area contributed by atoms with Gasteiger partial charge in [-0.05, 0) is 17.7 Å². The second kappa shape index (κ2) is 4.40. The zero-order chi connectivity index (χ0) is 8.97. The summed E-state index contributed by atoms with van der Waals surface area (Å²) in [6.07, 6.45) is 1.77. The van der Waals surface area contributed by atoms with Crippen LogP contribution in [0.25, 0.3) is 0 Å². The maximum Gasteiger partial charge on any atom is 0.0638 e. The summed E-state index contributed by atoms with van der Waals surface area (Å²) >= 11 is 3.39. The average molecular weight is 227 g/mol. The number of hydrogen-bond donors (Lipinski definition) is 2. The van der Waals surface area contributed by atoms with Crippen LogP contribution in [0.4, 0.5) is 0 Å². The molecule has 0 aliphatic heterocycles. The topological polar surface area (TPSA) is 38.0 Å². The number of halogens is 1. The average Bonchev–Trinajstić information content (AvgIpc) is 2.07. The van der Waals surface area contributed by atoms with Crippen molar-refractivity contribution in [3.05, 3.63) is 47.0 Å². The molecule has 0 amide bonds. The van der Waals surface area contributed by atoms with Crippen LogP contribution in [-0.4, -0.2) is 0 Å². The molecule has 2 nitrogen and oxygen atoms in total. The molecule has 12 heavy (non-hydrogen) atoms. The predicted molar refractivity (Wildman–Crippen MR) is 54.4 cm³/mol. The van der Waals surface area contributed by atoms with E-state index in [1.807, 2.05) is 24.3 Å². The Bertz CT molecular complexity index is 273. The first-order chi connectivity index (χ1) is 5.77. The van der Waals surface area contributed by atoms with Crippen LogP contribution < -0.4 is 11.3 Å². The number of hydrogen-bond acceptors (Lipinski definition) is 2. The third-order valence-electron chi connectivity index (χ3n) is 1.62. The van der Waals surface area contributed by atoms with Crippen molar-refractivity contribution >= 4 is 15.9 Å². The Morgan fingerprint density at radius 3 is 2.83 bits per heavy atom. The zero-order valence-corrected chi connectivity index (χ0v) is 8.21. The number of nitrogens with two attached hydrogens (primary N) is 1. The van der Waals surface area contributed by atoms with Crippen molar-refractivity contribution in [2.45, 2.75) is 6.04 Å². The van der Waals surface area contributed by atoms with E-state index in [4.69, 9.17) is 5.84 Å². The van der Waals surface area contributed by atoms with Crippen LogP contribution in [-0.2, 0) is 0 Å². The molecule has 1 aromatic carbocycles. The Morgan fingerprint density at radius 1 is 1.58 bits per heavy atom. The molecule has 1 atom stereocenters. The smallest absolute Gasteiger partial charge is 0.0638 e. The van der Waals surface area contributed by atoms with Crippen molar-refractivity contribution in [3.63, 3.8) is 0 Å². The highest BCUT2D eigenvalue weighted by Gasteiger charge is 2.03. The van der Waals surface area contributed by atoms with E-state index >= 15 is 0 Å². The lowest BCUT2D eigenvalue weighted by atomic mass is 10.1. The lowest BCUT2D eigenvalue weighted by molar-refractivity contribution is 0.656. The van der Waals surface area contributed by atoms with Gasteiger partial charge >= 0.3 is 0 Å². The fourth-order valence-electron chi connectivity index (χ4n) is 1.00. The van der Waals surface area contributed by atoms with Gasteiger partial charge in [-0.25, -0.2) is 5.43 Å². The van der Waals surface area contributed by atoms with E-state index in [-0.39, 0.29) is 6.04 Å². The lowest BCUT2D eigenvalue weighted by Gasteiger charge is -2.10. The minimum absolute atomic E-state index is 0.0162. The van der Waals surface area contributed by atoms with Crippen LogP contribution in [0.3, 0.4) is 0 Å². The standard InChI is InChI=1S/C9H11BrN2/c1-2-9(12-11)7-4-3-5-8(10)6-7/h2-6,9,12H,1,11H2. The molecule has 0 fully saturated rings. The van der Waals surface area contributed by atoms with Gasteiger partial charge in [-0.15, -0.1) is 6.58 Å². The van der Waals surface area contributed by atoms with Gasteiger partial charge in [-0.3, -0.25) is 5.84 Å². The first-order valence-electron chi connectivity index (χ1n) is 3.62. The fraction of sp³-hybridized carbons (Fsp3) is 0.111. The highest BCUT2D eigenvalue weighted by Crippen LogP contribution is 2.17. The molecule has 1 rings (SSSR count). The Balaban J connectivity index is 2.93. The minimum atomic E-state index is 0.0162. The quantitative estimate of drug-likeness (QED) is 0.471. The van der Waals surface area contributed by atoms with Gasteiger partial charge in [0, 0.05) is 4.47 Å². The summed E-state index contributed by atoms with van der Waals surface area (Å²) in [6, 6.07) is 7.96. The van der Waals surface area contributed by atoms with Gasteiger partial charge in [0.1, 0.15) is 0 Å². The highest BCUT2D eigenvalue weighted by atomic mass is 79.9. The van der Waals surface area contributed by atoms with Gasteiger partial charge < -0.3 is 0 Å². The van der Waals surface area contributed by atoms with E-state index in [2.05, 4.69) is 27.9 Å². The molecule has 3 N–H and O–H groups in total. The molecule has 0 aromatic heterocycles. The van der Waals surface area contributed by atoms with E-state index in [9.17, 15) is 0 Å². The summed E-state index contributed by atoms with van der Waals surface area (Å²) in [5.74, 6) is 5.33. The SMILES string of the molecule is C=CC(NN)c1cccc(Br)c1. The van der Waals surface area contributed by atoms with Crippen molar-refractivity contribution in [2.75, 3.05) is 0 Å². The summed E-state index contributed by atoms with van der Waals surface area (Å²) in [7, 11) is 0. The first-order valence-corrected chi connectivity index (χ1v) is 4.41. The van der Waals surface area contributed by atoms with E-state index in [1.165, 1.54) is 0 Å². The second-order valence-corrected chi connectivity index (χ2v) is 3.35. The Labute approximate surface area is 80.6 Å². The van der Waals surface area contributed by atoms with Crippen molar-refractivity contribution in [1.29, 1.82) is 0 Å². The molecule has 0 heterocycles. The monoisotopic (exact) mass is 226 g/mol. The molecule has 0 saturated heterocycles. The van der Waals surface area contributed by atoms with Gasteiger partial charge in [0.05, 0.1) is 6.04 Å². The van der Waals surface area contributed by atoms with Gasteiger partial charge in [0.2, 0.25) is 0 Å². The van der Waals surface area contributed by atoms with Crippen LogP contribution in [0.1, 0.15) is 11.6 Å². The maximum atomic E-state index is 5.33. The highest BCUT2D eigenvalue weighted by molar-refractivity contribution is 9.10. The molecule has 0 bridgehead atoms. The van der Waals surface area contributed by atoms with E-state index in [1.54, 1.807) is 6.08 Å². The largest absolute Gasteiger partial charge is 0.271 e. The van der Waals surface area contributed by atoms with Crippen LogP contribution in [0, 0.1) is 0 Å². The molecule has 1 aromatic rings. The summed E-state index contributed by atoms with van der Waals surface area (Å²) < 4.78 is 1.04. The van der Waals surface area contributed by atoms with Crippen LogP contribution >= 0.6 is 15.9 Å². The molecule has 0 aliphatic carbocycles. The van der Waals surface area contributed by atoms with Gasteiger partial charge in [0.25, 0.3) is 0 Å². The van der Waals surface area contributed by atoms with Gasteiger partial charge in [-0.2, -0.15) is 0 Å². The van der Waals surface area contributed by atoms with Crippen molar-refractivity contribution < 1.29 is 0 Å². The fourth-order valence-corrected chi connectivity index (χ4v) is 1.42. The molecule has 1 unspecified atom stereocenters. The summed E-state index contributed by atoms with van der Waals surface area (Å²) in [5, 5.41) is 0. The zero-order valence-electron chi connectivity index (χ0n) is 6.63. The van der Waals surface area contributed by atoms with Crippen molar-refractivity contribution in [2.24, 2.45) is 5.84 Å². The Morgan fingerprint density at radius 2 is 2.33 bits per heavy atom. The van der Waals surface area contributed by atoms with Crippen LogP contribution in [0.2, 0.25) is 0 Å². The molecule has 0 spiro atoms. The summed E-state index contributed by atoms with van der Waals surface area (Å²) in [5.41, 5.74) is 3.76. The van der Waals surface area contributed by atoms with Crippen LogP contribution in [0.15, 0.2) is 41.4 Å². The first kappa shape index (κ1) is 9.45. The molecule has 0 radical (unpaired) electrons. The minimum Gasteiger partial charge on any atom is -0.271 e. The van der Waals surface area contributed by atoms with Gasteiger partial charge in [0.15, 0.2) is 0 Å². The molecular formula is C9H11BrN2. The molecule has 0 aliphatic rings. The number of benzene rings is 1. The number of hydrazine groups is 1. The summed E-state index contributed by atoms with van der Waals surface area (Å²) in [6.45, 7) is 3.68. The maximum absolute atomic E-state index is 5.33. The third kappa shape index (κ3) is 2.17. The molecule has 64 valence electrons. The van der Waals surface area contributed by atoms with E-state index in [0.717, 1.165) is 10.0 Å². The second-order valence-electron chi connectivity index (χ2n) is 2.44.